The predicted molar refractivity (Wildman–Crippen MR) is 119 cm³/mol. The van der Waals surface area contributed by atoms with Gasteiger partial charge in [-0.3, -0.25) is 0 Å². The second-order valence-corrected chi connectivity index (χ2v) is 8.68. The molecule has 146 valence electrons. The summed E-state index contributed by atoms with van der Waals surface area (Å²) in [5.41, 5.74) is 5.24. The van der Waals surface area contributed by atoms with Crippen LogP contribution in [0.5, 0.6) is 0 Å². The summed E-state index contributed by atoms with van der Waals surface area (Å²) in [4.78, 5) is 3.56. The standard InChI is InChI=1S/C26H27N2O/c1-16-8-9-20-23-17(2)12-19(27-6)14-22(23)29-25(20)24(16)21-13-18(10-11-28(21)7)15-26(3,4)5/h8-14H,15H2,1-5,7H3/q+1/i11D,15D2. The van der Waals surface area contributed by atoms with Crippen molar-refractivity contribution in [3.05, 3.63) is 70.7 Å². The molecule has 3 heteroatoms. The molecule has 0 fully saturated rings. The van der Waals surface area contributed by atoms with Gasteiger partial charge >= 0.3 is 0 Å². The molecule has 0 atom stereocenters. The molecule has 0 aliphatic heterocycles. The topological polar surface area (TPSA) is 21.4 Å². The van der Waals surface area contributed by atoms with Gasteiger partial charge < -0.3 is 4.42 Å². The van der Waals surface area contributed by atoms with Gasteiger partial charge in [0.15, 0.2) is 11.9 Å². The van der Waals surface area contributed by atoms with Crippen LogP contribution in [0.3, 0.4) is 0 Å². The first-order valence-corrected chi connectivity index (χ1v) is 9.72. The number of aromatic nitrogens is 1. The second kappa shape index (κ2) is 6.74. The van der Waals surface area contributed by atoms with Crippen molar-refractivity contribution in [2.45, 2.75) is 41.0 Å². The third kappa shape index (κ3) is 3.40. The van der Waals surface area contributed by atoms with E-state index in [-0.39, 0.29) is 6.17 Å². The lowest BCUT2D eigenvalue weighted by Crippen LogP contribution is -2.31. The highest BCUT2D eigenvalue weighted by Crippen LogP contribution is 2.40. The van der Waals surface area contributed by atoms with E-state index < -0.39 is 11.8 Å². The highest BCUT2D eigenvalue weighted by Gasteiger charge is 2.23. The van der Waals surface area contributed by atoms with E-state index in [4.69, 9.17) is 15.1 Å². The van der Waals surface area contributed by atoms with Crippen LogP contribution in [0.2, 0.25) is 0 Å². The van der Waals surface area contributed by atoms with Gasteiger partial charge in [0.1, 0.15) is 19.6 Å². The van der Waals surface area contributed by atoms with Crippen molar-refractivity contribution in [3.8, 4) is 11.3 Å². The number of hydrogen-bond donors (Lipinski definition) is 0. The maximum Gasteiger partial charge on any atom is 0.216 e. The minimum absolute atomic E-state index is 0.226. The SMILES string of the molecule is [2H]c1cc(C([2H])([2H])C(C)(C)C)cc(-c2c(C)ccc3c2oc2cc([N+]#[C-])cc(C)c23)[n+]1C. The van der Waals surface area contributed by atoms with Gasteiger partial charge in [0.25, 0.3) is 0 Å². The zero-order valence-electron chi connectivity index (χ0n) is 20.8. The molecular weight excluding hydrogens is 356 g/mol. The predicted octanol–water partition coefficient (Wildman–Crippen LogP) is 6.83. The fraction of sp³-hybridized carbons (Fsp3) is 0.308. The van der Waals surface area contributed by atoms with Gasteiger partial charge in [-0.05, 0) is 48.4 Å². The molecule has 4 aromatic rings. The summed E-state index contributed by atoms with van der Waals surface area (Å²) in [7, 11) is 1.82. The fourth-order valence-corrected chi connectivity index (χ4v) is 3.91. The van der Waals surface area contributed by atoms with E-state index in [2.05, 4.69) is 4.85 Å². The number of furan rings is 1. The Morgan fingerprint density at radius 1 is 1.14 bits per heavy atom. The van der Waals surface area contributed by atoms with Crippen molar-refractivity contribution in [1.29, 1.82) is 0 Å². The van der Waals surface area contributed by atoms with E-state index in [1.807, 2.05) is 65.9 Å². The molecule has 2 heterocycles. The monoisotopic (exact) mass is 386 g/mol. The Bertz CT molecular complexity index is 1440. The lowest BCUT2D eigenvalue weighted by molar-refractivity contribution is -0.660. The van der Waals surface area contributed by atoms with Gasteiger partial charge in [0, 0.05) is 25.6 Å². The number of fused-ring (bicyclic) bond motifs is 3. The molecule has 0 bridgehead atoms. The van der Waals surface area contributed by atoms with Crippen molar-refractivity contribution in [2.24, 2.45) is 12.5 Å². The van der Waals surface area contributed by atoms with Crippen molar-refractivity contribution in [2.75, 3.05) is 0 Å². The summed E-state index contributed by atoms with van der Waals surface area (Å²) in [6.45, 7) is 16.9. The summed E-state index contributed by atoms with van der Waals surface area (Å²) in [6, 6.07) is 11.1. The van der Waals surface area contributed by atoms with Crippen LogP contribution in [-0.2, 0) is 13.4 Å². The lowest BCUT2D eigenvalue weighted by atomic mass is 9.87. The average Bonchev–Trinajstić information content (AvgIpc) is 3.08. The van der Waals surface area contributed by atoms with Gasteiger partial charge in [-0.1, -0.05) is 39.0 Å². The molecule has 0 aliphatic carbocycles. The maximum atomic E-state index is 8.74. The van der Waals surface area contributed by atoms with E-state index in [9.17, 15) is 0 Å². The normalized spacial score (nSPS) is 13.9. The first kappa shape index (κ1) is 15.8. The molecular formula is C26H27N2O+. The zero-order chi connectivity index (χ0) is 23.6. The third-order valence-electron chi connectivity index (χ3n) is 5.10. The summed E-state index contributed by atoms with van der Waals surface area (Å²) in [5.74, 6) is 0. The molecule has 0 unspecified atom stereocenters. The van der Waals surface area contributed by atoms with Crippen LogP contribution in [0, 0.1) is 25.8 Å². The van der Waals surface area contributed by atoms with Crippen LogP contribution >= 0.6 is 0 Å². The second-order valence-electron chi connectivity index (χ2n) is 8.68. The van der Waals surface area contributed by atoms with Crippen LogP contribution in [0.25, 0.3) is 38.0 Å². The Labute approximate surface area is 176 Å². The molecule has 0 amide bonds. The van der Waals surface area contributed by atoms with E-state index in [1.54, 1.807) is 16.7 Å². The number of rotatable bonds is 2. The third-order valence-corrected chi connectivity index (χ3v) is 5.10. The first-order valence-electron chi connectivity index (χ1n) is 11.2. The Kier molecular flexibility index (Phi) is 3.66. The first-order chi connectivity index (χ1) is 14.9. The highest BCUT2D eigenvalue weighted by molar-refractivity contribution is 6.11. The number of aryl methyl sites for hydroxylation is 2. The van der Waals surface area contributed by atoms with Crippen LogP contribution in [-0.4, -0.2) is 0 Å². The molecule has 3 nitrogen and oxygen atoms in total. The number of nitrogens with zero attached hydrogens (tertiary/aromatic N) is 2. The minimum Gasteiger partial charge on any atom is -0.456 e. The van der Waals surface area contributed by atoms with E-state index in [0.717, 1.165) is 33.2 Å². The zero-order valence-corrected chi connectivity index (χ0v) is 17.8. The molecule has 0 N–H and O–H groups in total. The summed E-state index contributed by atoms with van der Waals surface area (Å²) < 4.78 is 34.1. The van der Waals surface area contributed by atoms with Gasteiger partial charge in [-0.25, -0.2) is 9.41 Å². The van der Waals surface area contributed by atoms with Gasteiger partial charge in [0.2, 0.25) is 5.69 Å². The quantitative estimate of drug-likeness (QED) is 0.273. The van der Waals surface area contributed by atoms with Crippen molar-refractivity contribution in [1.82, 2.24) is 0 Å². The highest BCUT2D eigenvalue weighted by atomic mass is 16.3. The minimum atomic E-state index is -1.62. The smallest absolute Gasteiger partial charge is 0.216 e. The van der Waals surface area contributed by atoms with E-state index in [1.165, 1.54) is 0 Å². The van der Waals surface area contributed by atoms with Crippen molar-refractivity contribution in [3.63, 3.8) is 0 Å². The Morgan fingerprint density at radius 3 is 2.59 bits per heavy atom. The maximum absolute atomic E-state index is 8.74. The number of pyridine rings is 1. The van der Waals surface area contributed by atoms with E-state index >= 15 is 0 Å². The molecule has 0 saturated heterocycles. The molecule has 0 saturated carbocycles. The van der Waals surface area contributed by atoms with Crippen LogP contribution in [0.15, 0.2) is 47.0 Å². The van der Waals surface area contributed by atoms with Gasteiger partial charge in [-0.15, -0.1) is 0 Å². The molecule has 0 aliphatic rings. The fourth-order valence-electron chi connectivity index (χ4n) is 3.91. The number of benzene rings is 2. The van der Waals surface area contributed by atoms with Crippen LogP contribution in [0.4, 0.5) is 5.69 Å². The lowest BCUT2D eigenvalue weighted by Gasteiger charge is -2.18. The van der Waals surface area contributed by atoms with Gasteiger partial charge in [-0.2, -0.15) is 0 Å². The summed E-state index contributed by atoms with van der Waals surface area (Å²) in [6.07, 6.45) is -1.40. The number of hydrogen-bond acceptors (Lipinski definition) is 1. The molecule has 0 spiro atoms. The Morgan fingerprint density at radius 2 is 1.90 bits per heavy atom. The molecule has 29 heavy (non-hydrogen) atoms. The Balaban J connectivity index is 2.10. The molecule has 0 radical (unpaired) electrons. The summed E-state index contributed by atoms with van der Waals surface area (Å²) >= 11 is 0. The molecule has 4 rings (SSSR count). The van der Waals surface area contributed by atoms with Crippen LogP contribution in [0.1, 0.15) is 41.6 Å². The summed E-state index contributed by atoms with van der Waals surface area (Å²) in [5, 5.41) is 1.92. The molecule has 2 aromatic carbocycles. The average molecular weight is 387 g/mol. The largest absolute Gasteiger partial charge is 0.456 e. The molecule has 2 aromatic heterocycles. The van der Waals surface area contributed by atoms with Crippen molar-refractivity contribution < 1.29 is 13.1 Å². The van der Waals surface area contributed by atoms with Crippen LogP contribution < -0.4 is 4.57 Å². The van der Waals surface area contributed by atoms with E-state index in [0.29, 0.717) is 22.4 Å². The van der Waals surface area contributed by atoms with Crippen molar-refractivity contribution >= 4 is 27.6 Å². The Hall–Kier alpha value is -3.12. The van der Waals surface area contributed by atoms with Gasteiger partial charge in [0.05, 0.1) is 12.1 Å².